The molecule has 0 saturated carbocycles. The van der Waals surface area contributed by atoms with Crippen molar-refractivity contribution in [3.05, 3.63) is 28.2 Å². The Balaban J connectivity index is 2.61. The van der Waals surface area contributed by atoms with Crippen LogP contribution in [0.2, 0.25) is 0 Å². The van der Waals surface area contributed by atoms with E-state index in [-0.39, 0.29) is 0 Å². The molecule has 4 heteroatoms. The monoisotopic (exact) mass is 273 g/mol. The van der Waals surface area contributed by atoms with E-state index in [1.165, 1.54) is 0 Å². The molecule has 0 spiro atoms. The molecule has 15 heavy (non-hydrogen) atoms. The van der Waals surface area contributed by atoms with Crippen LogP contribution < -0.4 is 10.5 Å². The van der Waals surface area contributed by atoms with E-state index in [1.807, 2.05) is 25.1 Å². The van der Waals surface area contributed by atoms with Gasteiger partial charge < -0.3 is 15.2 Å². The second-order valence-corrected chi connectivity index (χ2v) is 3.90. The number of rotatable bonds is 6. The third-order valence-corrected chi connectivity index (χ3v) is 2.72. The zero-order valence-electron chi connectivity index (χ0n) is 8.83. The van der Waals surface area contributed by atoms with Crippen LogP contribution in [0, 0.1) is 0 Å². The normalized spacial score (nSPS) is 10.3. The molecular weight excluding hydrogens is 258 g/mol. The van der Waals surface area contributed by atoms with Crippen molar-refractivity contribution in [1.82, 2.24) is 0 Å². The van der Waals surface area contributed by atoms with Crippen LogP contribution in [0.15, 0.2) is 22.7 Å². The van der Waals surface area contributed by atoms with Gasteiger partial charge in [-0.25, -0.2) is 0 Å². The van der Waals surface area contributed by atoms with Crippen molar-refractivity contribution in [2.45, 2.75) is 13.3 Å². The maximum atomic E-state index is 5.51. The minimum Gasteiger partial charge on any atom is -0.468 e. The molecule has 0 unspecified atom stereocenters. The van der Waals surface area contributed by atoms with Gasteiger partial charge in [0.05, 0.1) is 0 Å². The van der Waals surface area contributed by atoms with Crippen molar-refractivity contribution in [3.63, 3.8) is 0 Å². The summed E-state index contributed by atoms with van der Waals surface area (Å²) in [6, 6.07) is 5.85. The summed E-state index contributed by atoms with van der Waals surface area (Å²) in [6.45, 7) is 3.52. The van der Waals surface area contributed by atoms with Gasteiger partial charge in [0.25, 0.3) is 0 Å². The van der Waals surface area contributed by atoms with Gasteiger partial charge in [-0.1, -0.05) is 15.9 Å². The molecule has 0 bridgehead atoms. The van der Waals surface area contributed by atoms with E-state index in [2.05, 4.69) is 15.9 Å². The Kier molecular flexibility index (Phi) is 5.68. The van der Waals surface area contributed by atoms with Crippen molar-refractivity contribution in [2.24, 2.45) is 5.73 Å². The predicted octanol–water partition coefficient (Wildman–Crippen LogP) is 2.32. The lowest BCUT2D eigenvalue weighted by molar-refractivity contribution is 0.0224. The molecule has 0 aromatic heterocycles. The van der Waals surface area contributed by atoms with Gasteiger partial charge in [-0.3, -0.25) is 0 Å². The Labute approximate surface area is 98.7 Å². The number of hydrogen-bond donors (Lipinski definition) is 1. The van der Waals surface area contributed by atoms with Crippen LogP contribution in [0.25, 0.3) is 0 Å². The van der Waals surface area contributed by atoms with Crippen molar-refractivity contribution < 1.29 is 9.47 Å². The van der Waals surface area contributed by atoms with Gasteiger partial charge in [0.1, 0.15) is 5.75 Å². The largest absolute Gasteiger partial charge is 0.468 e. The molecule has 0 saturated heterocycles. The highest BCUT2D eigenvalue weighted by atomic mass is 79.9. The van der Waals surface area contributed by atoms with E-state index < -0.39 is 0 Å². The fraction of sp³-hybridized carbons (Fsp3) is 0.455. The topological polar surface area (TPSA) is 44.5 Å². The minimum atomic E-state index is 0.292. The lowest BCUT2D eigenvalue weighted by atomic mass is 10.1. The molecule has 2 N–H and O–H groups in total. The van der Waals surface area contributed by atoms with Gasteiger partial charge in [0, 0.05) is 11.1 Å². The average molecular weight is 274 g/mol. The first-order valence-electron chi connectivity index (χ1n) is 4.97. The number of benzene rings is 1. The molecule has 0 aliphatic rings. The molecule has 0 aliphatic heterocycles. The van der Waals surface area contributed by atoms with Crippen molar-refractivity contribution in [2.75, 3.05) is 19.9 Å². The molecule has 1 aromatic rings. The summed E-state index contributed by atoms with van der Waals surface area (Å²) >= 11 is 3.47. The smallest absolute Gasteiger partial charge is 0.189 e. The summed E-state index contributed by atoms with van der Waals surface area (Å²) < 4.78 is 11.6. The first-order chi connectivity index (χ1) is 7.27. The van der Waals surface area contributed by atoms with E-state index in [0.29, 0.717) is 19.9 Å². The molecule has 0 amide bonds. The Bertz CT molecular complexity index is 305. The lowest BCUT2D eigenvalue weighted by Crippen LogP contribution is -2.05. The summed E-state index contributed by atoms with van der Waals surface area (Å²) in [5.74, 6) is 0.815. The first kappa shape index (κ1) is 12.5. The summed E-state index contributed by atoms with van der Waals surface area (Å²) in [7, 11) is 0. The zero-order valence-corrected chi connectivity index (χ0v) is 10.4. The molecule has 3 nitrogen and oxygen atoms in total. The third kappa shape index (κ3) is 4.20. The van der Waals surface area contributed by atoms with Gasteiger partial charge >= 0.3 is 0 Å². The second kappa shape index (κ2) is 6.82. The van der Waals surface area contributed by atoms with Crippen LogP contribution in [0.4, 0.5) is 0 Å². The van der Waals surface area contributed by atoms with Crippen LogP contribution in [0.5, 0.6) is 5.75 Å². The molecule has 0 heterocycles. The molecule has 0 radical (unpaired) electrons. The van der Waals surface area contributed by atoms with Gasteiger partial charge in [-0.05, 0) is 43.7 Å². The van der Waals surface area contributed by atoms with Crippen LogP contribution in [0.3, 0.4) is 0 Å². The zero-order chi connectivity index (χ0) is 11.1. The molecule has 0 atom stereocenters. The summed E-state index contributed by atoms with van der Waals surface area (Å²) in [5, 5.41) is 0. The van der Waals surface area contributed by atoms with Crippen LogP contribution in [-0.4, -0.2) is 19.9 Å². The number of nitrogens with two attached hydrogens (primary N) is 1. The standard InChI is InChI=1S/C11H16BrNO2/c1-2-14-8-15-10-3-4-11(12)9(7-10)5-6-13/h3-4,7H,2,5-6,8,13H2,1H3. The fourth-order valence-electron chi connectivity index (χ4n) is 1.18. The molecule has 84 valence electrons. The highest BCUT2D eigenvalue weighted by Crippen LogP contribution is 2.22. The molecule has 1 rings (SSSR count). The summed E-state index contributed by atoms with van der Waals surface area (Å²) in [5.41, 5.74) is 6.67. The van der Waals surface area contributed by atoms with E-state index >= 15 is 0 Å². The Hall–Kier alpha value is -0.580. The average Bonchev–Trinajstić information content (AvgIpc) is 2.23. The maximum Gasteiger partial charge on any atom is 0.189 e. The van der Waals surface area contributed by atoms with E-state index in [9.17, 15) is 0 Å². The third-order valence-electron chi connectivity index (χ3n) is 1.94. The number of ether oxygens (including phenoxy) is 2. The molecule has 1 aromatic carbocycles. The Morgan fingerprint density at radius 2 is 2.20 bits per heavy atom. The van der Waals surface area contributed by atoms with E-state index in [0.717, 1.165) is 22.2 Å². The van der Waals surface area contributed by atoms with Gasteiger partial charge in [-0.15, -0.1) is 0 Å². The highest BCUT2D eigenvalue weighted by Gasteiger charge is 2.01. The first-order valence-corrected chi connectivity index (χ1v) is 5.76. The SMILES string of the molecule is CCOCOc1ccc(Br)c(CCN)c1. The number of hydrogen-bond acceptors (Lipinski definition) is 3. The minimum absolute atomic E-state index is 0.292. The highest BCUT2D eigenvalue weighted by molar-refractivity contribution is 9.10. The second-order valence-electron chi connectivity index (χ2n) is 3.05. The Morgan fingerprint density at radius 1 is 1.40 bits per heavy atom. The van der Waals surface area contributed by atoms with Crippen LogP contribution >= 0.6 is 15.9 Å². The quantitative estimate of drug-likeness (QED) is 0.639. The van der Waals surface area contributed by atoms with Crippen LogP contribution in [0.1, 0.15) is 12.5 Å². The maximum absolute atomic E-state index is 5.51. The van der Waals surface area contributed by atoms with Crippen molar-refractivity contribution in [3.8, 4) is 5.75 Å². The van der Waals surface area contributed by atoms with Gasteiger partial charge in [-0.2, -0.15) is 0 Å². The molecule has 0 fully saturated rings. The van der Waals surface area contributed by atoms with Crippen molar-refractivity contribution >= 4 is 15.9 Å². The van der Waals surface area contributed by atoms with Gasteiger partial charge in [0.2, 0.25) is 0 Å². The fourth-order valence-corrected chi connectivity index (χ4v) is 1.63. The number of halogens is 1. The van der Waals surface area contributed by atoms with Crippen LogP contribution in [-0.2, 0) is 11.2 Å². The van der Waals surface area contributed by atoms with Gasteiger partial charge in [0.15, 0.2) is 6.79 Å². The summed E-state index contributed by atoms with van der Waals surface area (Å²) in [6.07, 6.45) is 0.840. The van der Waals surface area contributed by atoms with E-state index in [1.54, 1.807) is 0 Å². The Morgan fingerprint density at radius 3 is 2.87 bits per heavy atom. The molecular formula is C11H16BrNO2. The van der Waals surface area contributed by atoms with E-state index in [4.69, 9.17) is 15.2 Å². The van der Waals surface area contributed by atoms with Crippen molar-refractivity contribution in [1.29, 1.82) is 0 Å². The molecule has 0 aliphatic carbocycles. The predicted molar refractivity (Wildman–Crippen MR) is 64.0 cm³/mol. The summed E-state index contributed by atoms with van der Waals surface area (Å²) in [4.78, 5) is 0. The lowest BCUT2D eigenvalue weighted by Gasteiger charge is -2.08.